The van der Waals surface area contributed by atoms with Crippen LogP contribution in [-0.2, 0) is 4.79 Å². The zero-order chi connectivity index (χ0) is 11.7. The first-order chi connectivity index (χ1) is 7.70. The van der Waals surface area contributed by atoms with Gasteiger partial charge in [0, 0.05) is 5.56 Å². The Bertz CT molecular complexity index is 476. The lowest BCUT2D eigenvalue weighted by atomic mass is 10.1. The molecular formula is C12H13N3O. The third kappa shape index (κ3) is 1.37. The quantitative estimate of drug-likeness (QED) is 0.752. The summed E-state index contributed by atoms with van der Waals surface area (Å²) in [5, 5.41) is 11.7. The Hall–Kier alpha value is -1.86. The molecule has 0 bridgehead atoms. The van der Waals surface area contributed by atoms with E-state index in [1.807, 2.05) is 31.2 Å². The molecule has 1 aromatic carbocycles. The van der Waals surface area contributed by atoms with Crippen molar-refractivity contribution in [1.82, 2.24) is 5.32 Å². The highest BCUT2D eigenvalue weighted by Crippen LogP contribution is 2.37. The zero-order valence-electron chi connectivity index (χ0n) is 9.32. The summed E-state index contributed by atoms with van der Waals surface area (Å²) in [5.41, 5.74) is 2.87. The fourth-order valence-corrected chi connectivity index (χ4v) is 2.19. The van der Waals surface area contributed by atoms with Gasteiger partial charge in [0.2, 0.25) is 5.91 Å². The molecule has 1 aliphatic rings. The zero-order valence-corrected chi connectivity index (χ0v) is 9.32. The van der Waals surface area contributed by atoms with Gasteiger partial charge in [-0.25, -0.2) is 0 Å². The van der Waals surface area contributed by atoms with Crippen LogP contribution in [-0.4, -0.2) is 19.5 Å². The van der Waals surface area contributed by atoms with Crippen molar-refractivity contribution in [3.8, 4) is 6.07 Å². The van der Waals surface area contributed by atoms with Crippen LogP contribution < -0.4 is 10.2 Å². The molecule has 0 aromatic heterocycles. The minimum atomic E-state index is -0.316. The fraction of sp³-hybridized carbons (Fsp3) is 0.333. The molecule has 1 N–H and O–H groups in total. The van der Waals surface area contributed by atoms with Crippen LogP contribution in [0.1, 0.15) is 17.2 Å². The molecule has 0 fully saturated rings. The molecule has 1 unspecified atom stereocenters. The van der Waals surface area contributed by atoms with Crippen LogP contribution in [0.4, 0.5) is 5.69 Å². The number of nitrogens with one attached hydrogen (secondary N) is 1. The highest BCUT2D eigenvalue weighted by Gasteiger charge is 2.36. The molecule has 0 radical (unpaired) electrons. The Morgan fingerprint density at radius 3 is 2.94 bits per heavy atom. The van der Waals surface area contributed by atoms with E-state index in [4.69, 9.17) is 5.26 Å². The molecule has 1 aliphatic heterocycles. The van der Waals surface area contributed by atoms with Crippen LogP contribution in [0.3, 0.4) is 0 Å². The van der Waals surface area contributed by atoms with Gasteiger partial charge in [0.1, 0.15) is 12.6 Å². The van der Waals surface area contributed by atoms with E-state index in [0.717, 1.165) is 16.8 Å². The number of para-hydroxylation sites is 1. The van der Waals surface area contributed by atoms with E-state index in [1.165, 1.54) is 0 Å². The number of rotatable bonds is 2. The van der Waals surface area contributed by atoms with E-state index in [9.17, 15) is 4.79 Å². The lowest BCUT2D eigenvalue weighted by molar-refractivity contribution is -0.119. The minimum absolute atomic E-state index is 0.0478. The van der Waals surface area contributed by atoms with E-state index in [-0.39, 0.29) is 18.5 Å². The lowest BCUT2D eigenvalue weighted by Gasteiger charge is -2.15. The maximum absolute atomic E-state index is 12.0. The van der Waals surface area contributed by atoms with Gasteiger partial charge in [-0.3, -0.25) is 9.69 Å². The van der Waals surface area contributed by atoms with Gasteiger partial charge in [0.15, 0.2) is 0 Å². The van der Waals surface area contributed by atoms with Crippen LogP contribution in [0.25, 0.3) is 0 Å². The molecule has 1 amide bonds. The molecule has 1 heterocycles. The predicted molar refractivity (Wildman–Crippen MR) is 60.9 cm³/mol. The number of nitrogens with zero attached hydrogens (tertiary/aromatic N) is 2. The normalized spacial score (nSPS) is 18.4. The van der Waals surface area contributed by atoms with Gasteiger partial charge in [-0.1, -0.05) is 18.2 Å². The Morgan fingerprint density at radius 2 is 2.31 bits per heavy atom. The van der Waals surface area contributed by atoms with Gasteiger partial charge in [0.25, 0.3) is 0 Å². The highest BCUT2D eigenvalue weighted by molar-refractivity contribution is 6.05. The summed E-state index contributed by atoms with van der Waals surface area (Å²) in [5.74, 6) is -0.0478. The molecule has 0 aliphatic carbocycles. The lowest BCUT2D eigenvalue weighted by Crippen LogP contribution is -2.33. The van der Waals surface area contributed by atoms with Gasteiger partial charge >= 0.3 is 0 Å². The fourth-order valence-electron chi connectivity index (χ4n) is 2.19. The van der Waals surface area contributed by atoms with Gasteiger partial charge in [-0.15, -0.1) is 0 Å². The van der Waals surface area contributed by atoms with Crippen LogP contribution >= 0.6 is 0 Å². The number of anilines is 1. The second-order valence-corrected chi connectivity index (χ2v) is 3.82. The van der Waals surface area contributed by atoms with Crippen LogP contribution in [0.15, 0.2) is 18.2 Å². The average Bonchev–Trinajstić information content (AvgIpc) is 2.54. The number of benzene rings is 1. The van der Waals surface area contributed by atoms with Crippen molar-refractivity contribution in [2.75, 3.05) is 18.5 Å². The molecule has 1 aromatic rings. The van der Waals surface area contributed by atoms with Crippen molar-refractivity contribution in [2.45, 2.75) is 13.0 Å². The van der Waals surface area contributed by atoms with Crippen molar-refractivity contribution in [2.24, 2.45) is 0 Å². The Kier molecular flexibility index (Phi) is 2.63. The molecule has 1 atom stereocenters. The molecule has 4 nitrogen and oxygen atoms in total. The molecule has 0 saturated carbocycles. The summed E-state index contributed by atoms with van der Waals surface area (Å²) in [7, 11) is 1.75. The smallest absolute Gasteiger partial charge is 0.249 e. The monoisotopic (exact) mass is 215 g/mol. The largest absolute Gasteiger partial charge is 0.305 e. The van der Waals surface area contributed by atoms with Crippen molar-refractivity contribution < 1.29 is 4.79 Å². The van der Waals surface area contributed by atoms with Gasteiger partial charge < -0.3 is 5.32 Å². The number of likely N-dealkylation sites (N-methyl/N-ethyl adjacent to an activating group) is 1. The maximum atomic E-state index is 12.0. The number of nitriles is 1. The molecule has 82 valence electrons. The molecule has 2 rings (SSSR count). The Morgan fingerprint density at radius 1 is 1.56 bits per heavy atom. The number of aryl methyl sites for hydroxylation is 1. The first-order valence-corrected chi connectivity index (χ1v) is 5.15. The maximum Gasteiger partial charge on any atom is 0.249 e. The third-order valence-corrected chi connectivity index (χ3v) is 2.88. The number of carbonyl (C=O) groups excluding carboxylic acids is 1. The molecule has 0 saturated heterocycles. The molecule has 16 heavy (non-hydrogen) atoms. The van der Waals surface area contributed by atoms with Crippen molar-refractivity contribution >= 4 is 11.6 Å². The van der Waals surface area contributed by atoms with Crippen molar-refractivity contribution in [3.63, 3.8) is 0 Å². The predicted octanol–water partition coefficient (Wildman–Crippen LogP) is 1.13. The van der Waals surface area contributed by atoms with Gasteiger partial charge in [-0.2, -0.15) is 5.26 Å². The topological polar surface area (TPSA) is 56.1 Å². The van der Waals surface area contributed by atoms with Crippen LogP contribution in [0.5, 0.6) is 0 Å². The number of carbonyl (C=O) groups is 1. The number of fused-ring (bicyclic) bond motifs is 1. The van der Waals surface area contributed by atoms with E-state index >= 15 is 0 Å². The first-order valence-electron chi connectivity index (χ1n) is 5.15. The minimum Gasteiger partial charge on any atom is -0.305 e. The SMILES string of the molecule is CNC1C(=O)N(CC#N)c2c(C)cccc21. The second kappa shape index (κ2) is 3.95. The van der Waals surface area contributed by atoms with Crippen molar-refractivity contribution in [1.29, 1.82) is 5.26 Å². The third-order valence-electron chi connectivity index (χ3n) is 2.88. The molecule has 0 spiro atoms. The van der Waals surface area contributed by atoms with Crippen molar-refractivity contribution in [3.05, 3.63) is 29.3 Å². The summed E-state index contributed by atoms with van der Waals surface area (Å²) >= 11 is 0. The number of hydrogen-bond acceptors (Lipinski definition) is 3. The summed E-state index contributed by atoms with van der Waals surface area (Å²) in [6.07, 6.45) is 0. The Labute approximate surface area is 94.5 Å². The Balaban J connectivity index is 2.56. The van der Waals surface area contributed by atoms with Gasteiger partial charge in [0.05, 0.1) is 11.8 Å². The van der Waals surface area contributed by atoms with E-state index in [2.05, 4.69) is 5.32 Å². The van der Waals surface area contributed by atoms with Crippen LogP contribution in [0, 0.1) is 18.3 Å². The van der Waals surface area contributed by atoms with Crippen LogP contribution in [0.2, 0.25) is 0 Å². The second-order valence-electron chi connectivity index (χ2n) is 3.82. The number of amides is 1. The van der Waals surface area contributed by atoms with Gasteiger partial charge in [-0.05, 0) is 19.5 Å². The first kappa shape index (κ1) is 10.7. The van der Waals surface area contributed by atoms with E-state index in [0.29, 0.717) is 0 Å². The summed E-state index contributed by atoms with van der Waals surface area (Å²) < 4.78 is 0. The molecular weight excluding hydrogens is 202 g/mol. The average molecular weight is 215 g/mol. The molecule has 4 heteroatoms. The standard InChI is InChI=1S/C12H13N3O/c1-8-4-3-5-9-10(14-2)12(16)15(7-6-13)11(8)9/h3-5,10,14H,7H2,1-2H3. The van der Waals surface area contributed by atoms with E-state index in [1.54, 1.807) is 11.9 Å². The summed E-state index contributed by atoms with van der Waals surface area (Å²) in [6.45, 7) is 2.06. The summed E-state index contributed by atoms with van der Waals surface area (Å²) in [6, 6.07) is 7.53. The van der Waals surface area contributed by atoms with E-state index < -0.39 is 0 Å². The highest BCUT2D eigenvalue weighted by atomic mass is 16.2. The number of hydrogen-bond donors (Lipinski definition) is 1. The summed E-state index contributed by atoms with van der Waals surface area (Å²) in [4.78, 5) is 13.6.